The number of hydrogen-bond acceptors (Lipinski definition) is 2. The average Bonchev–Trinajstić information content (AvgIpc) is 2.77. The van der Waals surface area contributed by atoms with Crippen LogP contribution >= 0.6 is 0 Å². The summed E-state index contributed by atoms with van der Waals surface area (Å²) in [5.74, 6) is 2.45. The lowest BCUT2D eigenvalue weighted by molar-refractivity contribution is 0.198. The van der Waals surface area contributed by atoms with Crippen LogP contribution in [0.3, 0.4) is 0 Å². The minimum atomic E-state index is 0.457. The van der Waals surface area contributed by atoms with Crippen LogP contribution in [0.1, 0.15) is 30.7 Å². The molecule has 0 N–H and O–H groups in total. The van der Waals surface area contributed by atoms with Crippen molar-refractivity contribution in [3.63, 3.8) is 0 Å². The van der Waals surface area contributed by atoms with Crippen molar-refractivity contribution in [3.8, 4) is 5.75 Å². The Kier molecular flexibility index (Phi) is 2.86. The van der Waals surface area contributed by atoms with Crippen LogP contribution in [0.25, 0.3) is 0 Å². The van der Waals surface area contributed by atoms with E-state index < -0.39 is 0 Å². The second-order valence-corrected chi connectivity index (χ2v) is 4.94. The Labute approximate surface area is 108 Å². The fourth-order valence-corrected chi connectivity index (χ4v) is 2.92. The maximum atomic E-state index is 5.77. The molecular weight excluding hydrogens is 224 g/mol. The molecule has 1 atom stereocenters. The number of allylic oxidation sites excluding steroid dienone is 2. The van der Waals surface area contributed by atoms with Crippen molar-refractivity contribution in [2.75, 3.05) is 13.7 Å². The van der Waals surface area contributed by atoms with E-state index in [1.807, 2.05) is 12.1 Å². The lowest BCUT2D eigenvalue weighted by Gasteiger charge is -2.20. The standard InChI is InChI=1S/C16H18O2/c1-11-10-15(14-4-3-9-18-16(11)14)12-5-7-13(17-2)8-6-12/h5-8,15H,1,3-4,9-10H2,2H3. The van der Waals surface area contributed by atoms with Gasteiger partial charge in [0.1, 0.15) is 11.5 Å². The van der Waals surface area contributed by atoms with E-state index in [0.29, 0.717) is 5.92 Å². The number of ether oxygens (including phenoxy) is 2. The highest BCUT2D eigenvalue weighted by molar-refractivity contribution is 5.46. The van der Waals surface area contributed by atoms with Gasteiger partial charge in [0.2, 0.25) is 0 Å². The molecule has 0 spiro atoms. The Morgan fingerprint density at radius 2 is 2.06 bits per heavy atom. The Morgan fingerprint density at radius 1 is 1.28 bits per heavy atom. The van der Waals surface area contributed by atoms with Gasteiger partial charge in [0, 0.05) is 5.92 Å². The molecule has 18 heavy (non-hydrogen) atoms. The fraction of sp³-hybridized carbons (Fsp3) is 0.375. The lowest BCUT2D eigenvalue weighted by atomic mass is 9.89. The van der Waals surface area contributed by atoms with Crippen molar-refractivity contribution < 1.29 is 9.47 Å². The Bertz CT molecular complexity index is 496. The van der Waals surface area contributed by atoms with E-state index in [1.54, 1.807) is 7.11 Å². The predicted molar refractivity (Wildman–Crippen MR) is 71.7 cm³/mol. The van der Waals surface area contributed by atoms with Gasteiger partial charge in [-0.05, 0) is 48.1 Å². The van der Waals surface area contributed by atoms with Crippen LogP contribution in [0.5, 0.6) is 5.75 Å². The smallest absolute Gasteiger partial charge is 0.121 e. The zero-order valence-electron chi connectivity index (χ0n) is 10.7. The first-order chi connectivity index (χ1) is 8.79. The Balaban J connectivity index is 1.92. The van der Waals surface area contributed by atoms with Gasteiger partial charge < -0.3 is 9.47 Å². The SMILES string of the molecule is C=C1CC(c2ccc(OC)cc2)C2=C1OCCC2. The molecule has 0 aromatic heterocycles. The monoisotopic (exact) mass is 242 g/mol. The molecule has 0 amide bonds. The fourth-order valence-electron chi connectivity index (χ4n) is 2.92. The molecule has 0 bridgehead atoms. The Hall–Kier alpha value is -1.70. The van der Waals surface area contributed by atoms with Crippen molar-refractivity contribution in [2.45, 2.75) is 25.2 Å². The summed E-state index contributed by atoms with van der Waals surface area (Å²) in [5.41, 5.74) is 3.94. The molecule has 2 heteroatoms. The normalized spacial score (nSPS) is 22.7. The summed E-state index contributed by atoms with van der Waals surface area (Å²) in [6.07, 6.45) is 3.26. The maximum Gasteiger partial charge on any atom is 0.121 e. The molecular formula is C16H18O2. The van der Waals surface area contributed by atoms with Crippen molar-refractivity contribution in [3.05, 3.63) is 53.3 Å². The molecule has 2 nitrogen and oxygen atoms in total. The zero-order valence-corrected chi connectivity index (χ0v) is 10.7. The van der Waals surface area contributed by atoms with Crippen LogP contribution in [-0.4, -0.2) is 13.7 Å². The summed E-state index contributed by atoms with van der Waals surface area (Å²) in [5, 5.41) is 0. The predicted octanol–water partition coefficient (Wildman–Crippen LogP) is 3.80. The minimum absolute atomic E-state index is 0.457. The van der Waals surface area contributed by atoms with Crippen molar-refractivity contribution >= 4 is 0 Å². The van der Waals surface area contributed by atoms with E-state index in [2.05, 4.69) is 18.7 Å². The molecule has 1 heterocycles. The van der Waals surface area contributed by atoms with E-state index in [0.717, 1.165) is 43.0 Å². The third-order valence-corrected chi connectivity index (χ3v) is 3.84. The lowest BCUT2D eigenvalue weighted by Crippen LogP contribution is -2.06. The number of methoxy groups -OCH3 is 1. The van der Waals surface area contributed by atoms with Crippen LogP contribution in [0.15, 0.2) is 47.7 Å². The summed E-state index contributed by atoms with van der Waals surface area (Å²) >= 11 is 0. The molecule has 94 valence electrons. The molecule has 1 aliphatic heterocycles. The van der Waals surface area contributed by atoms with E-state index in [9.17, 15) is 0 Å². The van der Waals surface area contributed by atoms with E-state index >= 15 is 0 Å². The summed E-state index contributed by atoms with van der Waals surface area (Å²) in [4.78, 5) is 0. The third kappa shape index (κ3) is 1.82. The number of rotatable bonds is 2. The van der Waals surface area contributed by atoms with Crippen LogP contribution in [0, 0.1) is 0 Å². The van der Waals surface area contributed by atoms with Gasteiger partial charge in [0.25, 0.3) is 0 Å². The molecule has 1 aromatic carbocycles. The van der Waals surface area contributed by atoms with Crippen LogP contribution < -0.4 is 4.74 Å². The highest BCUT2D eigenvalue weighted by Crippen LogP contribution is 2.46. The quantitative estimate of drug-likeness (QED) is 0.785. The molecule has 0 saturated carbocycles. The molecule has 0 fully saturated rings. The zero-order chi connectivity index (χ0) is 12.5. The maximum absolute atomic E-state index is 5.77. The highest BCUT2D eigenvalue weighted by atomic mass is 16.5. The summed E-state index contributed by atoms with van der Waals surface area (Å²) < 4.78 is 11.0. The van der Waals surface area contributed by atoms with Gasteiger partial charge in [-0.2, -0.15) is 0 Å². The second-order valence-electron chi connectivity index (χ2n) is 4.94. The van der Waals surface area contributed by atoms with Gasteiger partial charge in [0.15, 0.2) is 0 Å². The summed E-state index contributed by atoms with van der Waals surface area (Å²) in [7, 11) is 1.70. The van der Waals surface area contributed by atoms with E-state index in [4.69, 9.17) is 9.47 Å². The van der Waals surface area contributed by atoms with Crippen LogP contribution in [-0.2, 0) is 4.74 Å². The van der Waals surface area contributed by atoms with Crippen molar-refractivity contribution in [1.82, 2.24) is 0 Å². The topological polar surface area (TPSA) is 18.5 Å². The van der Waals surface area contributed by atoms with Crippen LogP contribution in [0.2, 0.25) is 0 Å². The second kappa shape index (κ2) is 4.52. The number of hydrogen-bond donors (Lipinski definition) is 0. The van der Waals surface area contributed by atoms with Gasteiger partial charge in [-0.1, -0.05) is 18.7 Å². The first-order valence-electron chi connectivity index (χ1n) is 6.47. The molecule has 1 unspecified atom stereocenters. The summed E-state index contributed by atoms with van der Waals surface area (Å²) in [6.45, 7) is 4.98. The largest absolute Gasteiger partial charge is 0.497 e. The Morgan fingerprint density at radius 3 is 2.78 bits per heavy atom. The van der Waals surface area contributed by atoms with Crippen LogP contribution in [0.4, 0.5) is 0 Å². The highest BCUT2D eigenvalue weighted by Gasteiger charge is 2.32. The van der Waals surface area contributed by atoms with Crippen molar-refractivity contribution in [2.24, 2.45) is 0 Å². The van der Waals surface area contributed by atoms with Gasteiger partial charge in [0.05, 0.1) is 13.7 Å². The molecule has 0 radical (unpaired) electrons. The molecule has 1 aliphatic carbocycles. The molecule has 0 saturated heterocycles. The molecule has 2 aliphatic rings. The van der Waals surface area contributed by atoms with Gasteiger partial charge >= 0.3 is 0 Å². The van der Waals surface area contributed by atoms with Gasteiger partial charge in [-0.15, -0.1) is 0 Å². The number of benzene rings is 1. The summed E-state index contributed by atoms with van der Waals surface area (Å²) in [6, 6.07) is 8.36. The average molecular weight is 242 g/mol. The van der Waals surface area contributed by atoms with E-state index in [-0.39, 0.29) is 0 Å². The molecule has 1 aromatic rings. The first-order valence-corrected chi connectivity index (χ1v) is 6.47. The van der Waals surface area contributed by atoms with Crippen molar-refractivity contribution in [1.29, 1.82) is 0 Å². The molecule has 3 rings (SSSR count). The third-order valence-electron chi connectivity index (χ3n) is 3.84. The minimum Gasteiger partial charge on any atom is -0.497 e. The van der Waals surface area contributed by atoms with E-state index in [1.165, 1.54) is 11.1 Å². The first kappa shape index (κ1) is 11.4. The van der Waals surface area contributed by atoms with Gasteiger partial charge in [-0.3, -0.25) is 0 Å². The van der Waals surface area contributed by atoms with Gasteiger partial charge in [-0.25, -0.2) is 0 Å².